The number of nitrogens with one attached hydrogen (secondary N) is 1. The molecule has 17 heavy (non-hydrogen) atoms. The third-order valence-electron chi connectivity index (χ3n) is 2.21. The molecule has 1 N–H and O–H groups in total. The van der Waals surface area contributed by atoms with E-state index in [0.29, 0.717) is 5.33 Å². The maximum absolute atomic E-state index is 13.5. The Balaban J connectivity index is 2.75. The Morgan fingerprint density at radius 3 is 2.71 bits per heavy atom. The van der Waals surface area contributed by atoms with Crippen molar-refractivity contribution in [1.29, 1.82) is 0 Å². The third-order valence-corrected chi connectivity index (χ3v) is 3.97. The molecule has 0 aromatic heterocycles. The first-order valence-corrected chi connectivity index (χ1v) is 6.65. The average molecular weight is 323 g/mol. The minimum absolute atomic E-state index is 0.0536. The summed E-state index contributed by atoms with van der Waals surface area (Å²) in [5, 5.41) is 3.69. The van der Waals surface area contributed by atoms with E-state index in [0.717, 1.165) is 0 Å². The van der Waals surface area contributed by atoms with Gasteiger partial charge in [0.2, 0.25) is 5.91 Å². The van der Waals surface area contributed by atoms with Gasteiger partial charge in [-0.1, -0.05) is 33.6 Å². The van der Waals surface area contributed by atoms with Crippen molar-refractivity contribution in [2.75, 3.05) is 5.33 Å². The zero-order valence-corrected chi connectivity index (χ0v) is 12.0. The highest BCUT2D eigenvalue weighted by Gasteiger charge is 2.20. The Hall–Kier alpha value is -0.610. The van der Waals surface area contributed by atoms with Crippen molar-refractivity contribution >= 4 is 33.4 Å². The van der Waals surface area contributed by atoms with Gasteiger partial charge in [-0.25, -0.2) is 4.39 Å². The smallest absolute Gasteiger partial charge is 0.225 e. The van der Waals surface area contributed by atoms with Crippen LogP contribution >= 0.6 is 27.5 Å². The van der Waals surface area contributed by atoms with Crippen LogP contribution in [0.4, 0.5) is 4.39 Å². The molecule has 0 aliphatic rings. The van der Waals surface area contributed by atoms with Crippen LogP contribution < -0.4 is 5.32 Å². The lowest BCUT2D eigenvalue weighted by Gasteiger charge is -2.23. The van der Waals surface area contributed by atoms with E-state index in [9.17, 15) is 9.18 Å². The minimum Gasteiger partial charge on any atom is -0.350 e. The lowest BCUT2D eigenvalue weighted by molar-refractivity contribution is -0.121. The molecule has 2 nitrogen and oxygen atoms in total. The molecule has 1 amide bonds. The standard InChI is InChI=1S/C12H14BrClFNO/c1-12(2,7-13)16-11(17)6-8-9(14)4-3-5-10(8)15/h3-5H,6-7H2,1-2H3,(H,16,17). The number of alkyl halides is 1. The van der Waals surface area contributed by atoms with E-state index >= 15 is 0 Å². The molecular formula is C12H14BrClFNO. The van der Waals surface area contributed by atoms with Gasteiger partial charge in [0.15, 0.2) is 0 Å². The quantitative estimate of drug-likeness (QED) is 0.847. The Morgan fingerprint density at radius 2 is 2.18 bits per heavy atom. The molecule has 0 bridgehead atoms. The van der Waals surface area contributed by atoms with Gasteiger partial charge in [-0.05, 0) is 26.0 Å². The summed E-state index contributed by atoms with van der Waals surface area (Å²) >= 11 is 9.15. The highest BCUT2D eigenvalue weighted by atomic mass is 79.9. The second-order valence-electron chi connectivity index (χ2n) is 4.44. The third kappa shape index (κ3) is 4.28. The first-order chi connectivity index (χ1) is 7.85. The number of carbonyl (C=O) groups is 1. The van der Waals surface area contributed by atoms with Gasteiger partial charge in [0.1, 0.15) is 5.82 Å². The Kier molecular flexibility index (Phi) is 4.95. The molecule has 0 heterocycles. The van der Waals surface area contributed by atoms with E-state index in [1.807, 2.05) is 13.8 Å². The van der Waals surface area contributed by atoms with Crippen LogP contribution in [0.15, 0.2) is 18.2 Å². The molecule has 1 aromatic carbocycles. The second-order valence-corrected chi connectivity index (χ2v) is 5.41. The van der Waals surface area contributed by atoms with E-state index in [4.69, 9.17) is 11.6 Å². The van der Waals surface area contributed by atoms with Gasteiger partial charge in [0, 0.05) is 21.5 Å². The van der Waals surface area contributed by atoms with E-state index in [-0.39, 0.29) is 28.5 Å². The number of benzene rings is 1. The van der Waals surface area contributed by atoms with Gasteiger partial charge < -0.3 is 5.32 Å². The summed E-state index contributed by atoms with van der Waals surface area (Å²) < 4.78 is 13.5. The molecule has 0 spiro atoms. The van der Waals surface area contributed by atoms with Crippen LogP contribution in [0.1, 0.15) is 19.4 Å². The maximum atomic E-state index is 13.5. The number of amides is 1. The molecule has 5 heteroatoms. The minimum atomic E-state index is -0.454. The number of hydrogen-bond acceptors (Lipinski definition) is 1. The van der Waals surface area contributed by atoms with Gasteiger partial charge >= 0.3 is 0 Å². The molecule has 1 aromatic rings. The number of rotatable bonds is 4. The second kappa shape index (κ2) is 5.83. The zero-order chi connectivity index (χ0) is 13.1. The highest BCUT2D eigenvalue weighted by molar-refractivity contribution is 9.09. The SMILES string of the molecule is CC(C)(CBr)NC(=O)Cc1c(F)cccc1Cl. The monoisotopic (exact) mass is 321 g/mol. The van der Waals surface area contributed by atoms with Crippen molar-refractivity contribution in [3.8, 4) is 0 Å². The van der Waals surface area contributed by atoms with Crippen molar-refractivity contribution in [2.45, 2.75) is 25.8 Å². The van der Waals surface area contributed by atoms with Crippen LogP contribution in [0, 0.1) is 5.82 Å². The molecule has 0 aliphatic carbocycles. The molecule has 0 fully saturated rings. The fraction of sp³-hybridized carbons (Fsp3) is 0.417. The summed E-state index contributed by atoms with van der Waals surface area (Å²) in [6.45, 7) is 3.76. The largest absolute Gasteiger partial charge is 0.350 e. The van der Waals surface area contributed by atoms with Crippen LogP contribution in [0.2, 0.25) is 5.02 Å². The van der Waals surface area contributed by atoms with Gasteiger partial charge in [0.05, 0.1) is 6.42 Å². The van der Waals surface area contributed by atoms with Crippen LogP contribution in [-0.2, 0) is 11.2 Å². The van der Waals surface area contributed by atoms with Gasteiger partial charge in [-0.3, -0.25) is 4.79 Å². The van der Waals surface area contributed by atoms with Gasteiger partial charge in [0.25, 0.3) is 0 Å². The van der Waals surface area contributed by atoms with E-state index in [2.05, 4.69) is 21.2 Å². The van der Waals surface area contributed by atoms with Crippen molar-refractivity contribution in [3.05, 3.63) is 34.6 Å². The number of hydrogen-bond donors (Lipinski definition) is 1. The Morgan fingerprint density at radius 1 is 1.53 bits per heavy atom. The van der Waals surface area contributed by atoms with E-state index in [1.54, 1.807) is 6.07 Å². The van der Waals surface area contributed by atoms with E-state index < -0.39 is 5.82 Å². The van der Waals surface area contributed by atoms with Crippen LogP contribution in [-0.4, -0.2) is 16.8 Å². The first kappa shape index (κ1) is 14.5. The summed E-state index contributed by atoms with van der Waals surface area (Å²) in [6.07, 6.45) is -0.0536. The average Bonchev–Trinajstić information content (AvgIpc) is 2.23. The molecular weight excluding hydrogens is 308 g/mol. The highest BCUT2D eigenvalue weighted by Crippen LogP contribution is 2.19. The number of carbonyl (C=O) groups excluding carboxylic acids is 1. The zero-order valence-electron chi connectivity index (χ0n) is 9.69. The molecule has 1 rings (SSSR count). The Bertz CT molecular complexity index is 403. The molecule has 94 valence electrons. The summed E-state index contributed by atoms with van der Waals surface area (Å²) in [4.78, 5) is 11.7. The van der Waals surface area contributed by atoms with Crippen molar-refractivity contribution < 1.29 is 9.18 Å². The molecule has 0 saturated heterocycles. The summed E-state index contributed by atoms with van der Waals surface area (Å²) in [7, 11) is 0. The lowest BCUT2D eigenvalue weighted by Crippen LogP contribution is -2.45. The van der Waals surface area contributed by atoms with Gasteiger partial charge in [-0.2, -0.15) is 0 Å². The van der Waals surface area contributed by atoms with Crippen molar-refractivity contribution in [2.24, 2.45) is 0 Å². The van der Waals surface area contributed by atoms with Crippen molar-refractivity contribution in [1.82, 2.24) is 5.32 Å². The number of halogens is 3. The van der Waals surface area contributed by atoms with Gasteiger partial charge in [-0.15, -0.1) is 0 Å². The summed E-state index contributed by atoms with van der Waals surface area (Å²) in [5.74, 6) is -0.703. The normalized spacial score (nSPS) is 11.4. The summed E-state index contributed by atoms with van der Waals surface area (Å²) in [5.41, 5.74) is -0.133. The maximum Gasteiger partial charge on any atom is 0.225 e. The first-order valence-electron chi connectivity index (χ1n) is 5.15. The fourth-order valence-electron chi connectivity index (χ4n) is 1.32. The predicted octanol–water partition coefficient (Wildman–Crippen LogP) is 3.31. The van der Waals surface area contributed by atoms with Crippen LogP contribution in [0.3, 0.4) is 0 Å². The van der Waals surface area contributed by atoms with E-state index in [1.165, 1.54) is 12.1 Å². The predicted molar refractivity (Wildman–Crippen MR) is 71.1 cm³/mol. The molecule has 0 saturated carbocycles. The molecule has 0 radical (unpaired) electrons. The summed E-state index contributed by atoms with van der Waals surface area (Å²) in [6, 6.07) is 4.38. The fourth-order valence-corrected chi connectivity index (χ4v) is 1.69. The Labute approximate surface area is 114 Å². The molecule has 0 atom stereocenters. The van der Waals surface area contributed by atoms with Crippen LogP contribution in [0.25, 0.3) is 0 Å². The molecule has 0 unspecified atom stereocenters. The topological polar surface area (TPSA) is 29.1 Å². The van der Waals surface area contributed by atoms with Crippen LogP contribution in [0.5, 0.6) is 0 Å². The molecule has 0 aliphatic heterocycles. The lowest BCUT2D eigenvalue weighted by atomic mass is 10.1. The van der Waals surface area contributed by atoms with Crippen molar-refractivity contribution in [3.63, 3.8) is 0 Å².